The van der Waals surface area contributed by atoms with Crippen molar-refractivity contribution in [3.8, 4) is 0 Å². The van der Waals surface area contributed by atoms with Crippen molar-refractivity contribution in [1.29, 1.82) is 0 Å². The van der Waals surface area contributed by atoms with Crippen LogP contribution in [0, 0.1) is 12.3 Å². The van der Waals surface area contributed by atoms with Crippen molar-refractivity contribution in [2.45, 2.75) is 39.5 Å². The molecule has 0 aliphatic carbocycles. The smallest absolute Gasteiger partial charge is 0.0107 e. The summed E-state index contributed by atoms with van der Waals surface area (Å²) < 4.78 is 0. The molecule has 1 N–H and O–H groups in total. The molecule has 0 aromatic heterocycles. The second-order valence-corrected chi connectivity index (χ2v) is 4.92. The van der Waals surface area contributed by atoms with Gasteiger partial charge >= 0.3 is 0 Å². The van der Waals surface area contributed by atoms with E-state index >= 15 is 0 Å². The van der Waals surface area contributed by atoms with Crippen LogP contribution in [0.3, 0.4) is 0 Å². The predicted octanol–water partition coefficient (Wildman–Crippen LogP) is 2.31. The lowest BCUT2D eigenvalue weighted by Gasteiger charge is -2.27. The van der Waals surface area contributed by atoms with Gasteiger partial charge in [-0.25, -0.2) is 0 Å². The van der Waals surface area contributed by atoms with E-state index in [4.69, 9.17) is 0 Å². The summed E-state index contributed by atoms with van der Waals surface area (Å²) in [4.78, 5) is 2.59. The second kappa shape index (κ2) is 8.12. The lowest BCUT2D eigenvalue weighted by Crippen LogP contribution is -2.43. The topological polar surface area (TPSA) is 15.3 Å². The van der Waals surface area contributed by atoms with Crippen molar-refractivity contribution in [2.75, 3.05) is 32.7 Å². The van der Waals surface area contributed by atoms with Gasteiger partial charge in [0.1, 0.15) is 0 Å². The first-order valence-electron chi connectivity index (χ1n) is 6.55. The first kappa shape index (κ1) is 13.0. The highest BCUT2D eigenvalue weighted by atomic mass is 15.2. The Kier molecular flexibility index (Phi) is 7.03. The van der Waals surface area contributed by atoms with Crippen LogP contribution in [0.25, 0.3) is 0 Å². The second-order valence-electron chi connectivity index (χ2n) is 4.92. The minimum Gasteiger partial charge on any atom is -0.314 e. The van der Waals surface area contributed by atoms with Gasteiger partial charge in [0.15, 0.2) is 0 Å². The molecular weight excluding hydrogens is 184 g/mol. The normalized spacial score (nSPS) is 18.6. The number of nitrogens with one attached hydrogen (secondary N) is 1. The standard InChI is InChI=1S/C13H27N2/c1-13(2)7-5-3-4-6-10-15-11-8-14-9-12-15/h7,13-14H,3-6,8-12H2,1-2H3. The van der Waals surface area contributed by atoms with Crippen LogP contribution in [0.1, 0.15) is 39.5 Å². The largest absolute Gasteiger partial charge is 0.314 e. The van der Waals surface area contributed by atoms with E-state index < -0.39 is 0 Å². The van der Waals surface area contributed by atoms with E-state index in [0.29, 0.717) is 0 Å². The molecule has 2 heteroatoms. The molecule has 0 amide bonds. The maximum atomic E-state index is 3.39. The molecule has 0 spiro atoms. The number of nitrogens with zero attached hydrogens (tertiary/aromatic N) is 1. The summed E-state index contributed by atoms with van der Waals surface area (Å²) in [6.07, 6.45) is 7.90. The SMILES string of the molecule is CC(C)[CH]CCCCCN1CCNCC1. The quantitative estimate of drug-likeness (QED) is 0.650. The van der Waals surface area contributed by atoms with Gasteiger partial charge in [-0.05, 0) is 31.7 Å². The highest BCUT2D eigenvalue weighted by Crippen LogP contribution is 2.08. The summed E-state index contributed by atoms with van der Waals surface area (Å²) in [5, 5.41) is 3.39. The Hall–Kier alpha value is -0.0800. The van der Waals surface area contributed by atoms with Crippen molar-refractivity contribution in [1.82, 2.24) is 10.2 Å². The average Bonchev–Trinajstić information content (AvgIpc) is 2.24. The zero-order valence-electron chi connectivity index (χ0n) is 10.5. The molecule has 0 bridgehead atoms. The Balaban J connectivity index is 1.83. The molecule has 0 aromatic carbocycles. The van der Waals surface area contributed by atoms with E-state index in [0.717, 1.165) is 5.92 Å². The van der Waals surface area contributed by atoms with Crippen LogP contribution < -0.4 is 5.32 Å². The van der Waals surface area contributed by atoms with Gasteiger partial charge in [-0.15, -0.1) is 0 Å². The number of piperazine rings is 1. The lowest BCUT2D eigenvalue weighted by molar-refractivity contribution is 0.236. The lowest BCUT2D eigenvalue weighted by atomic mass is 10.0. The molecule has 15 heavy (non-hydrogen) atoms. The van der Waals surface area contributed by atoms with Crippen molar-refractivity contribution in [3.05, 3.63) is 6.42 Å². The number of hydrogen-bond acceptors (Lipinski definition) is 2. The zero-order chi connectivity index (χ0) is 10.9. The highest BCUT2D eigenvalue weighted by molar-refractivity contribution is 4.70. The van der Waals surface area contributed by atoms with Gasteiger partial charge in [-0.1, -0.05) is 26.7 Å². The van der Waals surface area contributed by atoms with E-state index in [1.54, 1.807) is 0 Å². The Morgan fingerprint density at radius 1 is 1.13 bits per heavy atom. The fourth-order valence-electron chi connectivity index (χ4n) is 2.04. The van der Waals surface area contributed by atoms with Crippen molar-refractivity contribution >= 4 is 0 Å². The summed E-state index contributed by atoms with van der Waals surface area (Å²) in [6.45, 7) is 10.7. The van der Waals surface area contributed by atoms with E-state index in [1.807, 2.05) is 0 Å². The van der Waals surface area contributed by atoms with Gasteiger partial charge in [0.2, 0.25) is 0 Å². The van der Waals surface area contributed by atoms with Gasteiger partial charge in [0.25, 0.3) is 0 Å². The summed E-state index contributed by atoms with van der Waals surface area (Å²) in [6, 6.07) is 0. The molecule has 1 rings (SSSR count). The molecule has 1 heterocycles. The third-order valence-electron chi connectivity index (χ3n) is 3.03. The van der Waals surface area contributed by atoms with E-state index in [-0.39, 0.29) is 0 Å². The fraction of sp³-hybridized carbons (Fsp3) is 0.923. The van der Waals surface area contributed by atoms with Crippen LogP contribution in [-0.2, 0) is 0 Å². The zero-order valence-corrected chi connectivity index (χ0v) is 10.5. The summed E-state index contributed by atoms with van der Waals surface area (Å²) in [7, 11) is 0. The van der Waals surface area contributed by atoms with E-state index in [1.165, 1.54) is 58.4 Å². The van der Waals surface area contributed by atoms with Crippen LogP contribution >= 0.6 is 0 Å². The third kappa shape index (κ3) is 6.91. The molecule has 0 aromatic rings. The van der Waals surface area contributed by atoms with Gasteiger partial charge < -0.3 is 10.2 Å². The predicted molar refractivity (Wildman–Crippen MR) is 66.9 cm³/mol. The van der Waals surface area contributed by atoms with Gasteiger partial charge in [-0.3, -0.25) is 0 Å². The Bertz CT molecular complexity index is 139. The molecule has 89 valence electrons. The van der Waals surface area contributed by atoms with Crippen LogP contribution in [-0.4, -0.2) is 37.6 Å². The molecule has 1 aliphatic rings. The summed E-state index contributed by atoms with van der Waals surface area (Å²) in [5.74, 6) is 0.762. The van der Waals surface area contributed by atoms with Crippen LogP contribution in [0.15, 0.2) is 0 Å². The van der Waals surface area contributed by atoms with Crippen molar-refractivity contribution < 1.29 is 0 Å². The van der Waals surface area contributed by atoms with Gasteiger partial charge in [-0.2, -0.15) is 0 Å². The van der Waals surface area contributed by atoms with Crippen LogP contribution in [0.4, 0.5) is 0 Å². The first-order valence-corrected chi connectivity index (χ1v) is 6.55. The first-order chi connectivity index (χ1) is 7.29. The third-order valence-corrected chi connectivity index (χ3v) is 3.03. The molecule has 1 saturated heterocycles. The highest BCUT2D eigenvalue weighted by Gasteiger charge is 2.07. The molecule has 2 nitrogen and oxygen atoms in total. The number of hydrogen-bond donors (Lipinski definition) is 1. The minimum absolute atomic E-state index is 0.762. The van der Waals surface area contributed by atoms with E-state index in [2.05, 4.69) is 30.5 Å². The fourth-order valence-corrected chi connectivity index (χ4v) is 2.04. The molecule has 1 radical (unpaired) electrons. The molecular formula is C13H27N2. The summed E-state index contributed by atoms with van der Waals surface area (Å²) in [5.41, 5.74) is 0. The van der Waals surface area contributed by atoms with Crippen LogP contribution in [0.5, 0.6) is 0 Å². The van der Waals surface area contributed by atoms with E-state index in [9.17, 15) is 0 Å². The van der Waals surface area contributed by atoms with Crippen molar-refractivity contribution in [3.63, 3.8) is 0 Å². The Morgan fingerprint density at radius 3 is 2.53 bits per heavy atom. The molecule has 0 saturated carbocycles. The monoisotopic (exact) mass is 211 g/mol. The minimum atomic E-state index is 0.762. The maximum Gasteiger partial charge on any atom is 0.0107 e. The number of rotatable bonds is 7. The molecule has 1 aliphatic heterocycles. The average molecular weight is 211 g/mol. The number of unbranched alkanes of at least 4 members (excludes halogenated alkanes) is 3. The molecule has 1 fully saturated rings. The Labute approximate surface area is 95.4 Å². The van der Waals surface area contributed by atoms with Crippen molar-refractivity contribution in [2.24, 2.45) is 5.92 Å². The van der Waals surface area contributed by atoms with Crippen LogP contribution in [0.2, 0.25) is 0 Å². The maximum absolute atomic E-state index is 3.39. The van der Waals surface area contributed by atoms with Gasteiger partial charge in [0, 0.05) is 26.2 Å². The molecule has 0 unspecified atom stereocenters. The Morgan fingerprint density at radius 2 is 1.87 bits per heavy atom. The molecule has 0 atom stereocenters. The van der Waals surface area contributed by atoms with Gasteiger partial charge in [0.05, 0.1) is 0 Å². The summed E-state index contributed by atoms with van der Waals surface area (Å²) >= 11 is 0.